The molecule has 1 atom stereocenters. The zero-order valence-electron chi connectivity index (χ0n) is 15.0. The molecule has 3 rings (SSSR count). The third kappa shape index (κ3) is 4.27. The highest BCUT2D eigenvalue weighted by molar-refractivity contribution is 7.95. The molecule has 0 bridgehead atoms. The lowest BCUT2D eigenvalue weighted by Crippen LogP contribution is -2.47. The first-order valence-corrected chi connectivity index (χ1v) is 10.2. The first-order valence-electron chi connectivity index (χ1n) is 8.37. The minimum absolute atomic E-state index is 0.0407. The lowest BCUT2D eigenvalue weighted by atomic mass is 10.1. The Morgan fingerprint density at radius 3 is 2.28 bits per heavy atom. The van der Waals surface area contributed by atoms with Crippen molar-refractivity contribution in [1.82, 2.24) is 0 Å². The Labute approximate surface area is 170 Å². The molecule has 2 aromatic rings. The van der Waals surface area contributed by atoms with Crippen LogP contribution in [-0.2, 0) is 14.8 Å². The second kappa shape index (κ2) is 7.42. The highest BCUT2D eigenvalue weighted by Gasteiger charge is 2.54. The Morgan fingerprint density at radius 2 is 1.72 bits per heavy atom. The van der Waals surface area contributed by atoms with Gasteiger partial charge in [0.1, 0.15) is 5.75 Å². The number of sulfonamides is 1. The maximum atomic E-state index is 13.0. The van der Waals surface area contributed by atoms with Crippen molar-refractivity contribution in [2.75, 3.05) is 16.2 Å². The average molecular weight is 449 g/mol. The molecule has 11 heteroatoms. The van der Waals surface area contributed by atoms with Crippen LogP contribution in [0, 0.1) is 0 Å². The largest absolute Gasteiger partial charge is 0.573 e. The fraction of sp³-hybridized carbons (Fsp3) is 0.278. The number of carbonyl (C=O) groups excluding carboxylic acids is 1. The van der Waals surface area contributed by atoms with E-state index in [0.717, 1.165) is 16.4 Å². The number of hydrogen-bond acceptors (Lipinski definition) is 4. The molecule has 6 nitrogen and oxygen atoms in total. The molecule has 0 saturated carbocycles. The predicted molar refractivity (Wildman–Crippen MR) is 102 cm³/mol. The van der Waals surface area contributed by atoms with Gasteiger partial charge in [0.15, 0.2) is 4.75 Å². The highest BCUT2D eigenvalue weighted by Crippen LogP contribution is 2.37. The Kier molecular flexibility index (Phi) is 5.44. The summed E-state index contributed by atoms with van der Waals surface area (Å²) in [5.74, 6) is -1.23. The van der Waals surface area contributed by atoms with Gasteiger partial charge in [-0.05, 0) is 61.9 Å². The highest BCUT2D eigenvalue weighted by atomic mass is 35.5. The number of amides is 1. The maximum Gasteiger partial charge on any atom is 0.573 e. The van der Waals surface area contributed by atoms with Crippen LogP contribution >= 0.6 is 11.6 Å². The molecule has 156 valence electrons. The molecule has 1 aliphatic heterocycles. The third-order valence-corrected chi connectivity index (χ3v) is 7.35. The van der Waals surface area contributed by atoms with Crippen molar-refractivity contribution < 1.29 is 31.1 Å². The van der Waals surface area contributed by atoms with Crippen molar-refractivity contribution in [1.29, 1.82) is 0 Å². The van der Waals surface area contributed by atoms with E-state index in [2.05, 4.69) is 10.1 Å². The SMILES string of the molecule is C[C@@]1(C(=O)Nc2ccc(OC(F)(F)F)cc2)CCN(c2ccc(Cl)cc2)S1(=O)=O. The lowest BCUT2D eigenvalue weighted by Gasteiger charge is -2.25. The minimum Gasteiger partial charge on any atom is -0.406 e. The molecule has 1 heterocycles. The van der Waals surface area contributed by atoms with Crippen LogP contribution < -0.4 is 14.4 Å². The van der Waals surface area contributed by atoms with E-state index in [1.807, 2.05) is 0 Å². The Bertz CT molecular complexity index is 1010. The van der Waals surface area contributed by atoms with Gasteiger partial charge in [-0.15, -0.1) is 13.2 Å². The smallest absolute Gasteiger partial charge is 0.406 e. The molecule has 0 unspecified atom stereocenters. The fourth-order valence-corrected chi connectivity index (χ4v) is 4.89. The fourth-order valence-electron chi connectivity index (χ4n) is 2.92. The monoisotopic (exact) mass is 448 g/mol. The van der Waals surface area contributed by atoms with E-state index < -0.39 is 32.8 Å². The number of benzene rings is 2. The van der Waals surface area contributed by atoms with E-state index in [9.17, 15) is 26.4 Å². The van der Waals surface area contributed by atoms with Crippen LogP contribution in [0.25, 0.3) is 0 Å². The van der Waals surface area contributed by atoms with Crippen LogP contribution in [0.15, 0.2) is 48.5 Å². The molecule has 1 amide bonds. The first kappa shape index (κ1) is 21.3. The van der Waals surface area contributed by atoms with Crippen molar-refractivity contribution in [3.8, 4) is 5.75 Å². The third-order valence-electron chi connectivity index (χ3n) is 4.59. The number of halogens is 4. The number of hydrogen-bond donors (Lipinski definition) is 1. The van der Waals surface area contributed by atoms with Crippen molar-refractivity contribution >= 4 is 38.9 Å². The van der Waals surface area contributed by atoms with Gasteiger partial charge < -0.3 is 10.1 Å². The summed E-state index contributed by atoms with van der Waals surface area (Å²) in [6.07, 6.45) is -4.79. The van der Waals surface area contributed by atoms with E-state index in [1.165, 1.54) is 19.1 Å². The molecule has 0 aliphatic carbocycles. The van der Waals surface area contributed by atoms with Crippen molar-refractivity contribution in [2.24, 2.45) is 0 Å². The zero-order valence-corrected chi connectivity index (χ0v) is 16.6. The number of nitrogens with one attached hydrogen (secondary N) is 1. The molecule has 0 aromatic heterocycles. The van der Waals surface area contributed by atoms with Crippen LogP contribution in [0.4, 0.5) is 24.5 Å². The summed E-state index contributed by atoms with van der Waals surface area (Å²) in [5.41, 5.74) is 0.533. The predicted octanol–water partition coefficient (Wildman–Crippen LogP) is 4.18. The van der Waals surface area contributed by atoms with Crippen LogP contribution in [0.2, 0.25) is 5.02 Å². The van der Waals surface area contributed by atoms with E-state index in [-0.39, 0.29) is 18.7 Å². The molecule has 29 heavy (non-hydrogen) atoms. The van der Waals surface area contributed by atoms with Gasteiger partial charge in [-0.1, -0.05) is 11.6 Å². The van der Waals surface area contributed by atoms with E-state index in [0.29, 0.717) is 10.7 Å². The Hall–Kier alpha value is -2.46. The van der Waals surface area contributed by atoms with E-state index in [4.69, 9.17) is 11.6 Å². The number of carbonyl (C=O) groups is 1. The number of anilines is 2. The molecule has 1 N–H and O–H groups in total. The first-order chi connectivity index (χ1) is 13.4. The molecular weight excluding hydrogens is 433 g/mol. The van der Waals surface area contributed by atoms with Crippen molar-refractivity contribution in [3.63, 3.8) is 0 Å². The van der Waals surface area contributed by atoms with E-state index in [1.54, 1.807) is 24.3 Å². The quantitative estimate of drug-likeness (QED) is 0.761. The van der Waals surface area contributed by atoms with Gasteiger partial charge in [0.2, 0.25) is 15.9 Å². The van der Waals surface area contributed by atoms with Gasteiger partial charge in [-0.25, -0.2) is 8.42 Å². The molecular formula is C18H16ClF3N2O4S. The summed E-state index contributed by atoms with van der Waals surface area (Å²) in [4.78, 5) is 12.7. The number of nitrogens with zero attached hydrogens (tertiary/aromatic N) is 1. The van der Waals surface area contributed by atoms with Gasteiger partial charge >= 0.3 is 6.36 Å². The van der Waals surface area contributed by atoms with Crippen LogP contribution in [-0.4, -0.2) is 32.0 Å². The summed E-state index contributed by atoms with van der Waals surface area (Å²) in [6, 6.07) is 10.6. The van der Waals surface area contributed by atoms with Crippen LogP contribution in [0.5, 0.6) is 5.75 Å². The number of rotatable bonds is 4. The summed E-state index contributed by atoms with van der Waals surface area (Å²) in [7, 11) is -4.04. The van der Waals surface area contributed by atoms with Gasteiger partial charge in [-0.2, -0.15) is 0 Å². The summed E-state index contributed by atoms with van der Waals surface area (Å²) in [5, 5.41) is 2.90. The minimum atomic E-state index is -4.83. The van der Waals surface area contributed by atoms with Crippen LogP contribution in [0.1, 0.15) is 13.3 Å². The summed E-state index contributed by atoms with van der Waals surface area (Å²) >= 11 is 5.83. The molecule has 0 radical (unpaired) electrons. The Morgan fingerprint density at radius 1 is 1.14 bits per heavy atom. The van der Waals surface area contributed by atoms with Gasteiger partial charge in [0, 0.05) is 17.3 Å². The maximum absolute atomic E-state index is 13.0. The van der Waals surface area contributed by atoms with Crippen molar-refractivity contribution in [2.45, 2.75) is 24.5 Å². The summed E-state index contributed by atoms with van der Waals surface area (Å²) < 4.78 is 65.9. The lowest BCUT2D eigenvalue weighted by molar-refractivity contribution is -0.274. The second-order valence-corrected chi connectivity index (χ2v) is 9.29. The van der Waals surface area contributed by atoms with Gasteiger partial charge in [0.05, 0.1) is 5.69 Å². The van der Waals surface area contributed by atoms with Gasteiger partial charge in [0.25, 0.3) is 0 Å². The topological polar surface area (TPSA) is 75.7 Å². The zero-order chi connectivity index (χ0) is 21.4. The normalized spacial score (nSPS) is 21.1. The average Bonchev–Trinajstić information content (AvgIpc) is 2.87. The number of alkyl halides is 3. The van der Waals surface area contributed by atoms with Crippen LogP contribution in [0.3, 0.4) is 0 Å². The molecule has 2 aromatic carbocycles. The van der Waals surface area contributed by atoms with Gasteiger partial charge in [-0.3, -0.25) is 9.10 Å². The second-order valence-electron chi connectivity index (χ2n) is 6.56. The summed E-state index contributed by atoms with van der Waals surface area (Å²) in [6.45, 7) is 1.42. The van der Waals surface area contributed by atoms with Crippen molar-refractivity contribution in [3.05, 3.63) is 53.6 Å². The Balaban J connectivity index is 1.77. The standard InChI is InChI=1S/C18H16ClF3N2O4S/c1-17(10-11-24(29(17,26)27)14-6-2-12(19)3-7-14)16(25)23-13-4-8-15(9-5-13)28-18(20,21)22/h2-9H,10-11H2,1H3,(H,23,25)/t17-/m0/s1. The number of ether oxygens (including phenoxy) is 1. The molecule has 1 saturated heterocycles. The molecule has 0 spiro atoms. The molecule has 1 fully saturated rings. The molecule has 1 aliphatic rings. The van der Waals surface area contributed by atoms with E-state index >= 15 is 0 Å².